The van der Waals surface area contributed by atoms with Gasteiger partial charge in [0.1, 0.15) is 11.6 Å². The number of hydrogen-bond acceptors (Lipinski definition) is 3. The fourth-order valence-corrected chi connectivity index (χ4v) is 3.38. The Balaban J connectivity index is 1.94. The van der Waals surface area contributed by atoms with Crippen LogP contribution < -0.4 is 5.32 Å². The molecule has 1 aliphatic heterocycles. The van der Waals surface area contributed by atoms with Crippen molar-refractivity contribution in [1.29, 1.82) is 0 Å². The Morgan fingerprint density at radius 2 is 2.07 bits per heavy atom. The summed E-state index contributed by atoms with van der Waals surface area (Å²) in [6.45, 7) is 7.51. The van der Waals surface area contributed by atoms with Crippen LogP contribution >= 0.6 is 0 Å². The van der Waals surface area contributed by atoms with Crippen LogP contribution in [0.2, 0.25) is 0 Å². The lowest BCUT2D eigenvalue weighted by atomic mass is 9.96. The first-order valence-corrected chi connectivity index (χ1v) is 9.59. The summed E-state index contributed by atoms with van der Waals surface area (Å²) in [6, 6.07) is 4.62. The lowest BCUT2D eigenvalue weighted by Crippen LogP contribution is -2.14. The zero-order chi connectivity index (χ0) is 21.2. The van der Waals surface area contributed by atoms with E-state index in [1.807, 2.05) is 24.6 Å². The molecule has 0 aliphatic carbocycles. The van der Waals surface area contributed by atoms with E-state index in [1.54, 1.807) is 6.07 Å². The number of nitrogens with one attached hydrogen (secondary N) is 1. The highest BCUT2D eigenvalue weighted by molar-refractivity contribution is 5.67. The van der Waals surface area contributed by atoms with E-state index in [0.717, 1.165) is 37.2 Å². The van der Waals surface area contributed by atoms with Crippen molar-refractivity contribution in [2.24, 2.45) is 5.92 Å². The van der Waals surface area contributed by atoms with Gasteiger partial charge in [0.15, 0.2) is 0 Å². The molecule has 156 valence electrons. The second kappa shape index (κ2) is 8.39. The zero-order valence-corrected chi connectivity index (χ0v) is 16.4. The van der Waals surface area contributed by atoms with Gasteiger partial charge >= 0.3 is 6.18 Å². The maximum Gasteiger partial charge on any atom is 0.415 e. The minimum absolute atomic E-state index is 0.115. The quantitative estimate of drug-likeness (QED) is 0.494. The van der Waals surface area contributed by atoms with E-state index in [2.05, 4.69) is 22.0 Å². The van der Waals surface area contributed by atoms with Crippen molar-refractivity contribution in [3.05, 3.63) is 59.8 Å². The number of aryl methyl sites for hydroxylation is 1. The molecule has 0 amide bonds. The number of rotatable bonds is 5. The Morgan fingerprint density at radius 3 is 2.69 bits per heavy atom. The molecule has 29 heavy (non-hydrogen) atoms. The van der Waals surface area contributed by atoms with Gasteiger partial charge in [-0.2, -0.15) is 18.3 Å². The van der Waals surface area contributed by atoms with Gasteiger partial charge in [-0.25, -0.2) is 9.37 Å². The summed E-state index contributed by atoms with van der Waals surface area (Å²) in [4.78, 5) is 4.05. The molecule has 2 aromatic heterocycles. The van der Waals surface area contributed by atoms with Gasteiger partial charge in [-0.1, -0.05) is 20.4 Å². The van der Waals surface area contributed by atoms with Crippen molar-refractivity contribution in [3.63, 3.8) is 0 Å². The zero-order valence-electron chi connectivity index (χ0n) is 16.4. The second-order valence-corrected chi connectivity index (χ2v) is 7.51. The fraction of sp³-hybridized carbons (Fsp3) is 0.429. The smallest absolute Gasteiger partial charge is 0.362 e. The SMILES string of the molecule is C=C(/C=C(/c1cc2n(n1)CCCCC2Nc1ccc(F)cn1)C(C)C)C(F)(F)F. The monoisotopic (exact) mass is 408 g/mol. The number of allylic oxidation sites excluding steroid dienone is 3. The number of pyridine rings is 1. The highest BCUT2D eigenvalue weighted by Crippen LogP contribution is 2.34. The van der Waals surface area contributed by atoms with Crippen LogP contribution in [0.1, 0.15) is 50.5 Å². The molecule has 3 heterocycles. The first-order valence-electron chi connectivity index (χ1n) is 9.59. The average Bonchev–Trinajstić information content (AvgIpc) is 2.97. The van der Waals surface area contributed by atoms with Gasteiger partial charge in [-0.15, -0.1) is 0 Å². The largest absolute Gasteiger partial charge is 0.415 e. The molecule has 1 unspecified atom stereocenters. The van der Waals surface area contributed by atoms with E-state index in [-0.39, 0.29) is 12.0 Å². The van der Waals surface area contributed by atoms with Gasteiger partial charge in [-0.05, 0) is 55.0 Å². The molecule has 2 aromatic rings. The Bertz CT molecular complexity index is 894. The second-order valence-electron chi connectivity index (χ2n) is 7.51. The minimum Gasteiger partial charge on any atom is -0.362 e. The van der Waals surface area contributed by atoms with Crippen molar-refractivity contribution in [2.75, 3.05) is 5.32 Å². The van der Waals surface area contributed by atoms with Crippen LogP contribution in [0.5, 0.6) is 0 Å². The average molecular weight is 408 g/mol. The van der Waals surface area contributed by atoms with E-state index in [0.29, 0.717) is 23.6 Å². The van der Waals surface area contributed by atoms with E-state index < -0.39 is 17.6 Å². The predicted molar refractivity (Wildman–Crippen MR) is 105 cm³/mol. The highest BCUT2D eigenvalue weighted by Gasteiger charge is 2.31. The summed E-state index contributed by atoms with van der Waals surface area (Å²) in [7, 11) is 0. The Labute approximate surface area is 167 Å². The number of fused-ring (bicyclic) bond motifs is 1. The minimum atomic E-state index is -4.48. The number of halogens is 4. The molecule has 1 N–H and O–H groups in total. The normalized spacial score (nSPS) is 17.8. The standard InChI is InChI=1S/C21H24F4N4/c1-13(2)16(10-14(3)21(23,24)25)18-11-19-17(6-4-5-9-29(19)28-18)27-20-8-7-15(22)12-26-20/h7-8,10-13,17H,3-6,9H2,1-2H3,(H,26,27)/b16-10+. The van der Waals surface area contributed by atoms with Gasteiger partial charge < -0.3 is 5.32 Å². The summed E-state index contributed by atoms with van der Waals surface area (Å²) in [5, 5.41) is 7.89. The van der Waals surface area contributed by atoms with E-state index in [1.165, 1.54) is 6.07 Å². The molecule has 0 spiro atoms. The van der Waals surface area contributed by atoms with E-state index in [4.69, 9.17) is 0 Å². The first kappa shape index (κ1) is 21.1. The number of hydrogen-bond donors (Lipinski definition) is 1. The van der Waals surface area contributed by atoms with Gasteiger partial charge in [0.25, 0.3) is 0 Å². The van der Waals surface area contributed by atoms with Gasteiger partial charge in [0, 0.05) is 12.1 Å². The Kier molecular flexibility index (Phi) is 6.10. The maximum atomic E-state index is 13.1. The number of aromatic nitrogens is 3. The van der Waals surface area contributed by atoms with Crippen molar-refractivity contribution >= 4 is 11.4 Å². The lowest BCUT2D eigenvalue weighted by Gasteiger charge is -2.17. The van der Waals surface area contributed by atoms with E-state index in [9.17, 15) is 17.6 Å². The molecule has 0 aromatic carbocycles. The molecule has 3 rings (SSSR count). The Hall–Kier alpha value is -2.64. The number of alkyl halides is 3. The molecule has 0 saturated carbocycles. The molecule has 8 heteroatoms. The van der Waals surface area contributed by atoms with Crippen molar-refractivity contribution in [1.82, 2.24) is 14.8 Å². The molecular formula is C21H24F4N4. The molecule has 0 bridgehead atoms. The summed E-state index contributed by atoms with van der Waals surface area (Å²) in [5.74, 6) is -0.0311. The topological polar surface area (TPSA) is 42.7 Å². The van der Waals surface area contributed by atoms with Crippen LogP contribution in [0.15, 0.2) is 42.6 Å². The van der Waals surface area contributed by atoms with Crippen LogP contribution in [0, 0.1) is 11.7 Å². The highest BCUT2D eigenvalue weighted by atomic mass is 19.4. The Morgan fingerprint density at radius 1 is 1.31 bits per heavy atom. The van der Waals surface area contributed by atoms with Gasteiger partial charge in [-0.3, -0.25) is 4.68 Å². The number of nitrogens with zero attached hydrogens (tertiary/aromatic N) is 3. The van der Waals surface area contributed by atoms with Crippen LogP contribution in [0.3, 0.4) is 0 Å². The summed E-state index contributed by atoms with van der Waals surface area (Å²) < 4.78 is 53.9. The third-order valence-electron chi connectivity index (χ3n) is 4.94. The molecule has 0 saturated heterocycles. The molecular weight excluding hydrogens is 384 g/mol. The van der Waals surface area contributed by atoms with Gasteiger partial charge in [0.05, 0.1) is 23.6 Å². The lowest BCUT2D eigenvalue weighted by molar-refractivity contribution is -0.0877. The van der Waals surface area contributed by atoms with Crippen LogP contribution in [0.4, 0.5) is 23.4 Å². The summed E-state index contributed by atoms with van der Waals surface area (Å²) in [6.07, 6.45) is 0.449. The van der Waals surface area contributed by atoms with Crippen molar-refractivity contribution in [2.45, 2.75) is 51.9 Å². The molecule has 0 radical (unpaired) electrons. The predicted octanol–water partition coefficient (Wildman–Crippen LogP) is 5.91. The van der Waals surface area contributed by atoms with Crippen LogP contribution in [0.25, 0.3) is 5.57 Å². The molecule has 1 aliphatic rings. The molecule has 1 atom stereocenters. The van der Waals surface area contributed by atoms with Gasteiger partial charge in [0.2, 0.25) is 0 Å². The van der Waals surface area contributed by atoms with Crippen molar-refractivity contribution < 1.29 is 17.6 Å². The van der Waals surface area contributed by atoms with Crippen LogP contribution in [-0.2, 0) is 6.54 Å². The molecule has 0 fully saturated rings. The summed E-state index contributed by atoms with van der Waals surface area (Å²) >= 11 is 0. The maximum absolute atomic E-state index is 13.1. The fourth-order valence-electron chi connectivity index (χ4n) is 3.38. The first-order chi connectivity index (χ1) is 13.6. The third kappa shape index (κ3) is 5.05. The van der Waals surface area contributed by atoms with Crippen molar-refractivity contribution in [3.8, 4) is 0 Å². The number of anilines is 1. The third-order valence-corrected chi connectivity index (χ3v) is 4.94. The summed E-state index contributed by atoms with van der Waals surface area (Å²) in [5.41, 5.74) is 0.995. The van der Waals surface area contributed by atoms with E-state index >= 15 is 0 Å². The molecule has 4 nitrogen and oxygen atoms in total. The van der Waals surface area contributed by atoms with Crippen LogP contribution in [-0.4, -0.2) is 20.9 Å².